The van der Waals surface area contributed by atoms with Crippen LogP contribution in [0.3, 0.4) is 0 Å². The van der Waals surface area contributed by atoms with Gasteiger partial charge in [-0.25, -0.2) is 8.42 Å². The molecule has 80 valence electrons. The fourth-order valence-corrected chi connectivity index (χ4v) is 2.02. The summed E-state index contributed by atoms with van der Waals surface area (Å²) in [5, 5.41) is 0. The van der Waals surface area contributed by atoms with Crippen LogP contribution in [0.5, 0.6) is 0 Å². The van der Waals surface area contributed by atoms with Crippen LogP contribution in [0.25, 0.3) is 0 Å². The van der Waals surface area contributed by atoms with Crippen molar-refractivity contribution in [1.82, 2.24) is 0 Å². The molecule has 0 radical (unpaired) electrons. The van der Waals surface area contributed by atoms with Gasteiger partial charge in [-0.2, -0.15) is 0 Å². The summed E-state index contributed by atoms with van der Waals surface area (Å²) in [6.07, 6.45) is 7.05. The normalized spacial score (nSPS) is 13.1. The van der Waals surface area contributed by atoms with Gasteiger partial charge >= 0.3 is 0 Å². The molecule has 1 unspecified atom stereocenters. The van der Waals surface area contributed by atoms with Gasteiger partial charge in [-0.05, 0) is 23.6 Å². The van der Waals surface area contributed by atoms with Crippen molar-refractivity contribution in [3.05, 3.63) is 29.8 Å². The van der Waals surface area contributed by atoms with Crippen LogP contribution in [0.15, 0.2) is 29.2 Å². The third-order valence-electron chi connectivity index (χ3n) is 2.28. The molecule has 1 rings (SSSR count). The highest BCUT2D eigenvalue weighted by molar-refractivity contribution is 7.90. The zero-order chi connectivity index (χ0) is 11.5. The fourth-order valence-electron chi connectivity index (χ4n) is 1.35. The quantitative estimate of drug-likeness (QED) is 0.735. The van der Waals surface area contributed by atoms with Crippen LogP contribution in [0, 0.1) is 12.3 Å². The molecule has 3 heteroatoms. The van der Waals surface area contributed by atoms with Crippen molar-refractivity contribution < 1.29 is 8.42 Å². The van der Waals surface area contributed by atoms with Crippen molar-refractivity contribution in [2.75, 3.05) is 6.26 Å². The molecular formula is C12H14O2S. The Morgan fingerprint density at radius 2 is 2.13 bits per heavy atom. The Labute approximate surface area is 91.2 Å². The summed E-state index contributed by atoms with van der Waals surface area (Å²) in [5.74, 6) is 2.77. The summed E-state index contributed by atoms with van der Waals surface area (Å²) < 4.78 is 22.7. The topological polar surface area (TPSA) is 34.1 Å². The van der Waals surface area contributed by atoms with E-state index in [2.05, 4.69) is 5.92 Å². The second-order valence-electron chi connectivity index (χ2n) is 3.65. The lowest BCUT2D eigenvalue weighted by atomic mass is 9.98. The summed E-state index contributed by atoms with van der Waals surface area (Å²) in [4.78, 5) is 0.351. The molecule has 0 spiro atoms. The van der Waals surface area contributed by atoms with Gasteiger partial charge in [0, 0.05) is 12.7 Å². The minimum Gasteiger partial charge on any atom is -0.224 e. The van der Waals surface area contributed by atoms with E-state index in [0.717, 1.165) is 5.56 Å². The van der Waals surface area contributed by atoms with Crippen molar-refractivity contribution in [3.8, 4) is 12.3 Å². The third-order valence-corrected chi connectivity index (χ3v) is 3.39. The lowest BCUT2D eigenvalue weighted by Gasteiger charge is -2.09. The van der Waals surface area contributed by atoms with Crippen molar-refractivity contribution in [3.63, 3.8) is 0 Å². The van der Waals surface area contributed by atoms with Crippen molar-refractivity contribution >= 4 is 9.84 Å². The maximum atomic E-state index is 11.3. The summed E-state index contributed by atoms with van der Waals surface area (Å²) in [5.41, 5.74) is 0.968. The fraction of sp³-hybridized carbons (Fsp3) is 0.333. The minimum atomic E-state index is -3.13. The maximum absolute atomic E-state index is 11.3. The number of sulfone groups is 1. The highest BCUT2D eigenvalue weighted by Crippen LogP contribution is 2.21. The molecule has 2 nitrogen and oxygen atoms in total. The van der Waals surface area contributed by atoms with Crippen LogP contribution in [0.2, 0.25) is 0 Å². The molecular weight excluding hydrogens is 208 g/mol. The molecule has 0 saturated carbocycles. The molecule has 0 aliphatic carbocycles. The lowest BCUT2D eigenvalue weighted by molar-refractivity contribution is 0.601. The summed E-state index contributed by atoms with van der Waals surface area (Å²) in [6, 6.07) is 6.94. The number of hydrogen-bond donors (Lipinski definition) is 0. The average Bonchev–Trinajstić information content (AvgIpc) is 2.17. The number of terminal acetylenes is 1. The standard InChI is InChI=1S/C12H14O2S/c1-4-6-10(2)11-7-5-8-12(9-11)15(3,13)14/h1,5,7-10H,6H2,2-3H3. The second-order valence-corrected chi connectivity index (χ2v) is 5.67. The Bertz CT molecular complexity index is 481. The molecule has 15 heavy (non-hydrogen) atoms. The van der Waals surface area contributed by atoms with E-state index in [1.54, 1.807) is 18.2 Å². The Kier molecular flexibility index (Phi) is 3.54. The first-order chi connectivity index (χ1) is 6.95. The highest BCUT2D eigenvalue weighted by atomic mass is 32.2. The summed E-state index contributed by atoms with van der Waals surface area (Å²) in [7, 11) is -3.13. The van der Waals surface area contributed by atoms with Crippen molar-refractivity contribution in [2.45, 2.75) is 24.2 Å². The Morgan fingerprint density at radius 1 is 1.47 bits per heavy atom. The smallest absolute Gasteiger partial charge is 0.175 e. The van der Waals surface area contributed by atoms with Gasteiger partial charge in [0.05, 0.1) is 4.90 Å². The highest BCUT2D eigenvalue weighted by Gasteiger charge is 2.10. The van der Waals surface area contributed by atoms with Gasteiger partial charge in [-0.3, -0.25) is 0 Å². The molecule has 0 saturated heterocycles. The second kappa shape index (κ2) is 4.50. The van der Waals surface area contributed by atoms with E-state index < -0.39 is 9.84 Å². The van der Waals surface area contributed by atoms with Crippen molar-refractivity contribution in [2.24, 2.45) is 0 Å². The Morgan fingerprint density at radius 3 is 2.67 bits per heavy atom. The number of benzene rings is 1. The van der Waals surface area contributed by atoms with Gasteiger partial charge in [-0.1, -0.05) is 19.1 Å². The predicted octanol–water partition coefficient (Wildman–Crippen LogP) is 2.22. The van der Waals surface area contributed by atoms with Gasteiger partial charge in [0.1, 0.15) is 0 Å². The molecule has 1 aromatic carbocycles. The molecule has 0 N–H and O–H groups in total. The van der Waals surface area contributed by atoms with E-state index in [1.807, 2.05) is 13.0 Å². The summed E-state index contributed by atoms with van der Waals surface area (Å²) in [6.45, 7) is 1.99. The van der Waals surface area contributed by atoms with E-state index >= 15 is 0 Å². The van der Waals surface area contributed by atoms with Crippen LogP contribution in [-0.4, -0.2) is 14.7 Å². The van der Waals surface area contributed by atoms with E-state index in [9.17, 15) is 8.42 Å². The van der Waals surface area contributed by atoms with Gasteiger partial charge in [0.2, 0.25) is 0 Å². The van der Waals surface area contributed by atoms with Crippen LogP contribution in [0.4, 0.5) is 0 Å². The number of rotatable bonds is 3. The largest absolute Gasteiger partial charge is 0.224 e. The first-order valence-electron chi connectivity index (χ1n) is 4.68. The van der Waals surface area contributed by atoms with Gasteiger partial charge < -0.3 is 0 Å². The van der Waals surface area contributed by atoms with Crippen LogP contribution in [0.1, 0.15) is 24.8 Å². The lowest BCUT2D eigenvalue weighted by Crippen LogP contribution is -1.99. The average molecular weight is 222 g/mol. The SMILES string of the molecule is C#CCC(C)c1cccc(S(C)(=O)=O)c1. The molecule has 1 atom stereocenters. The zero-order valence-electron chi connectivity index (χ0n) is 8.90. The number of hydrogen-bond acceptors (Lipinski definition) is 2. The molecule has 0 amide bonds. The molecule has 0 heterocycles. The van der Waals surface area contributed by atoms with Gasteiger partial charge in [0.15, 0.2) is 9.84 Å². The first-order valence-corrected chi connectivity index (χ1v) is 6.57. The zero-order valence-corrected chi connectivity index (χ0v) is 9.71. The first kappa shape index (κ1) is 11.8. The molecule has 0 aromatic heterocycles. The van der Waals surface area contributed by atoms with Crippen LogP contribution in [-0.2, 0) is 9.84 Å². The van der Waals surface area contributed by atoms with Crippen molar-refractivity contribution in [1.29, 1.82) is 0 Å². The third kappa shape index (κ3) is 3.10. The Balaban J connectivity index is 3.10. The Hall–Kier alpha value is -1.27. The maximum Gasteiger partial charge on any atom is 0.175 e. The van der Waals surface area contributed by atoms with Crippen LogP contribution >= 0.6 is 0 Å². The molecule has 0 bridgehead atoms. The predicted molar refractivity (Wildman–Crippen MR) is 61.4 cm³/mol. The minimum absolute atomic E-state index is 0.191. The van der Waals surface area contributed by atoms with Gasteiger partial charge in [0.25, 0.3) is 0 Å². The molecule has 0 aliphatic heterocycles. The molecule has 1 aromatic rings. The van der Waals surface area contributed by atoms with Gasteiger partial charge in [-0.15, -0.1) is 12.3 Å². The van der Waals surface area contributed by atoms with E-state index in [0.29, 0.717) is 11.3 Å². The summed E-state index contributed by atoms with van der Waals surface area (Å²) >= 11 is 0. The molecule has 0 aliphatic rings. The van der Waals surface area contributed by atoms with E-state index in [4.69, 9.17) is 6.42 Å². The van der Waals surface area contributed by atoms with E-state index in [1.165, 1.54) is 6.26 Å². The molecule has 0 fully saturated rings. The monoisotopic (exact) mass is 222 g/mol. The van der Waals surface area contributed by atoms with E-state index in [-0.39, 0.29) is 5.92 Å². The van der Waals surface area contributed by atoms with Crippen LogP contribution < -0.4 is 0 Å².